The maximum Gasteiger partial charge on any atom is 0.613 e. The molecule has 0 saturated heterocycles. The molecule has 3 N–H and O–H groups in total. The Morgan fingerprint density at radius 2 is 1.74 bits per heavy atom. The summed E-state index contributed by atoms with van der Waals surface area (Å²) in [5.74, 6) is -2.47. The quantitative estimate of drug-likeness (QED) is 0.142. The van der Waals surface area contributed by atoms with Crippen LogP contribution in [0, 0.1) is 11.3 Å². The molecule has 0 aliphatic rings. The highest BCUT2D eigenvalue weighted by atomic mass is 31.1. The average Bonchev–Trinajstić information content (AvgIpc) is 3.37. The summed E-state index contributed by atoms with van der Waals surface area (Å²) in [6.07, 6.45) is -2.62. The van der Waals surface area contributed by atoms with Crippen molar-refractivity contribution in [1.82, 2.24) is 19.7 Å². The van der Waals surface area contributed by atoms with Gasteiger partial charge in [-0.15, -0.1) is 4.52 Å². The number of hydrogen-bond donors (Lipinski definition) is 2. The normalized spacial score (nSPS) is 15.2. The lowest BCUT2D eigenvalue weighted by Crippen LogP contribution is -2.53. The van der Waals surface area contributed by atoms with Crippen LogP contribution < -0.4 is 10.8 Å². The number of nitrogens with one attached hydrogen (secondary N) is 1. The average molecular weight is 614 g/mol. The summed E-state index contributed by atoms with van der Waals surface area (Å²) in [4.78, 5) is 41.4. The fourth-order valence-corrected chi connectivity index (χ4v) is 4.40. The molecule has 0 fully saturated rings. The van der Waals surface area contributed by atoms with E-state index in [1.165, 1.54) is 37.8 Å². The number of rotatable bonds is 17. The van der Waals surface area contributed by atoms with E-state index >= 15 is 0 Å². The van der Waals surface area contributed by atoms with Crippen molar-refractivity contribution in [1.29, 1.82) is 5.26 Å². The zero-order valence-electron chi connectivity index (χ0n) is 24.0. The van der Waals surface area contributed by atoms with Gasteiger partial charge < -0.3 is 34.2 Å². The van der Waals surface area contributed by atoms with Crippen LogP contribution in [0.1, 0.15) is 32.6 Å². The number of esters is 3. The van der Waals surface area contributed by atoms with Gasteiger partial charge in [0.05, 0.1) is 11.8 Å². The molecule has 230 valence electrons. The van der Waals surface area contributed by atoms with Gasteiger partial charge in [0, 0.05) is 21.3 Å². The Balaban J connectivity index is 2.55. The highest BCUT2D eigenvalue weighted by molar-refractivity contribution is 7.36. The minimum Gasteiger partial charge on any atom is -0.462 e. The molecule has 5 atom stereocenters. The Kier molecular flexibility index (Phi) is 13.1. The molecule has 18 heteroatoms. The molecular formula is C24H34N6O11P+. The SMILES string of the molecule is COCC(=O)O[C@@H](c1ccc2c(N)ncnn12)[C@H](OC(=O)COC)[C@@](C#N)(CO[P+](=O)N[C@@H](C)C(=O)OC(C)C)OC. The lowest BCUT2D eigenvalue weighted by molar-refractivity contribution is -0.197. The number of ether oxygens (including phenoxy) is 6. The van der Waals surface area contributed by atoms with Gasteiger partial charge in [0.2, 0.25) is 5.60 Å². The van der Waals surface area contributed by atoms with Crippen molar-refractivity contribution in [2.75, 3.05) is 46.9 Å². The second-order valence-electron chi connectivity index (χ2n) is 8.96. The molecule has 2 rings (SSSR count). The lowest BCUT2D eigenvalue weighted by atomic mass is 9.92. The largest absolute Gasteiger partial charge is 0.613 e. The Morgan fingerprint density at radius 1 is 1.10 bits per heavy atom. The summed E-state index contributed by atoms with van der Waals surface area (Å²) < 4.78 is 50.9. The number of carbonyl (C=O) groups is 3. The molecule has 17 nitrogen and oxygen atoms in total. The molecule has 2 aromatic rings. The molecule has 0 aromatic carbocycles. The number of anilines is 1. The molecule has 0 spiro atoms. The monoisotopic (exact) mass is 613 g/mol. The summed E-state index contributed by atoms with van der Waals surface area (Å²) in [7, 11) is 0.819. The van der Waals surface area contributed by atoms with Gasteiger partial charge in [-0.3, -0.25) is 4.79 Å². The lowest BCUT2D eigenvalue weighted by Gasteiger charge is -2.35. The first-order valence-electron chi connectivity index (χ1n) is 12.4. The van der Waals surface area contributed by atoms with Gasteiger partial charge >= 0.3 is 26.1 Å². The molecule has 2 aromatic heterocycles. The second kappa shape index (κ2) is 16.0. The van der Waals surface area contributed by atoms with Crippen LogP contribution in [0.2, 0.25) is 0 Å². The molecule has 0 saturated carbocycles. The standard InChI is InChI=1S/C24H34N6O11P/c1-14(2)39-23(33)15(3)29-42(34)38-12-24(11-25,37-6)21(41-19(32)10-36-5)20(40-18(31)9-35-4)16-7-8-17-22(26)27-13-28-30(16)17/h7-8,13-15,20-21H,9-10,12H2,1-6H3,(H,29,34)(H2,26,27,28)/q+1/t15-,20-,21-,24+/m0/s1. The van der Waals surface area contributed by atoms with Crippen molar-refractivity contribution in [3.8, 4) is 6.07 Å². The van der Waals surface area contributed by atoms with E-state index in [2.05, 4.69) is 15.2 Å². The molecule has 0 aliphatic heterocycles. The molecule has 42 heavy (non-hydrogen) atoms. The predicted octanol–water partition coefficient (Wildman–Crippen LogP) is 0.613. The van der Waals surface area contributed by atoms with Crippen LogP contribution in [0.4, 0.5) is 5.82 Å². The number of nitrogens with two attached hydrogens (primary N) is 1. The Labute approximate surface area is 242 Å². The van der Waals surface area contributed by atoms with E-state index in [0.29, 0.717) is 5.52 Å². The Bertz CT molecular complexity index is 1300. The Morgan fingerprint density at radius 3 is 2.31 bits per heavy atom. The van der Waals surface area contributed by atoms with E-state index in [0.717, 1.165) is 13.4 Å². The van der Waals surface area contributed by atoms with Crippen molar-refractivity contribution >= 4 is 37.4 Å². The van der Waals surface area contributed by atoms with Gasteiger partial charge in [0.1, 0.15) is 37.2 Å². The topological polar surface area (TPSA) is 225 Å². The van der Waals surface area contributed by atoms with Crippen LogP contribution in [0.25, 0.3) is 5.52 Å². The summed E-state index contributed by atoms with van der Waals surface area (Å²) in [5, 5.41) is 16.9. The number of aromatic nitrogens is 3. The third kappa shape index (κ3) is 8.86. The van der Waals surface area contributed by atoms with Crippen LogP contribution in [-0.2, 0) is 51.9 Å². The van der Waals surface area contributed by atoms with Crippen molar-refractivity contribution in [3.63, 3.8) is 0 Å². The number of fused-ring (bicyclic) bond motifs is 1. The summed E-state index contributed by atoms with van der Waals surface area (Å²) in [6, 6.07) is 3.82. The summed E-state index contributed by atoms with van der Waals surface area (Å²) in [5.41, 5.74) is 4.11. The fraction of sp³-hybridized carbons (Fsp3) is 0.583. The van der Waals surface area contributed by atoms with Crippen LogP contribution in [0.5, 0.6) is 0 Å². The number of nitrogens with zero attached hydrogens (tertiary/aromatic N) is 4. The minimum atomic E-state index is -2.79. The maximum absolute atomic E-state index is 12.7. The summed E-state index contributed by atoms with van der Waals surface area (Å²) in [6.45, 7) is 2.86. The minimum absolute atomic E-state index is 0.0842. The van der Waals surface area contributed by atoms with Crippen molar-refractivity contribution < 1.29 is 51.9 Å². The molecule has 0 amide bonds. The van der Waals surface area contributed by atoms with E-state index in [4.69, 9.17) is 38.7 Å². The molecule has 0 bridgehead atoms. The molecule has 0 aliphatic carbocycles. The fourth-order valence-electron chi connectivity index (χ4n) is 3.59. The number of nitrogen functional groups attached to an aromatic ring is 1. The van der Waals surface area contributed by atoms with E-state index in [1.54, 1.807) is 13.8 Å². The number of carbonyl (C=O) groups excluding carboxylic acids is 3. The van der Waals surface area contributed by atoms with Gasteiger partial charge in [0.25, 0.3) is 0 Å². The zero-order chi connectivity index (χ0) is 31.4. The van der Waals surface area contributed by atoms with Crippen LogP contribution in [0.3, 0.4) is 0 Å². The number of methoxy groups -OCH3 is 3. The first kappa shape index (κ1) is 34.4. The first-order chi connectivity index (χ1) is 19.9. The third-order valence-electron chi connectivity index (χ3n) is 5.53. The summed E-state index contributed by atoms with van der Waals surface area (Å²) >= 11 is 0. The van der Waals surface area contributed by atoms with Gasteiger partial charge in [-0.1, -0.05) is 5.09 Å². The van der Waals surface area contributed by atoms with E-state index in [-0.39, 0.29) is 11.5 Å². The number of hydrogen-bond acceptors (Lipinski definition) is 15. The van der Waals surface area contributed by atoms with E-state index in [1.807, 2.05) is 6.07 Å². The van der Waals surface area contributed by atoms with E-state index in [9.17, 15) is 24.2 Å². The van der Waals surface area contributed by atoms with Crippen LogP contribution in [0.15, 0.2) is 18.5 Å². The predicted molar refractivity (Wildman–Crippen MR) is 143 cm³/mol. The molecule has 1 unspecified atom stereocenters. The van der Waals surface area contributed by atoms with Gasteiger partial charge in [-0.25, -0.2) is 19.1 Å². The van der Waals surface area contributed by atoms with Crippen molar-refractivity contribution in [2.24, 2.45) is 0 Å². The maximum atomic E-state index is 12.7. The van der Waals surface area contributed by atoms with Crippen LogP contribution >= 0.6 is 8.18 Å². The highest BCUT2D eigenvalue weighted by Gasteiger charge is 2.52. The highest BCUT2D eigenvalue weighted by Crippen LogP contribution is 2.36. The number of nitriles is 1. The molecule has 2 heterocycles. The van der Waals surface area contributed by atoms with Crippen molar-refractivity contribution in [3.05, 3.63) is 24.2 Å². The second-order valence-corrected chi connectivity index (χ2v) is 9.99. The molecular weight excluding hydrogens is 579 g/mol. The third-order valence-corrected chi connectivity index (χ3v) is 6.49. The van der Waals surface area contributed by atoms with E-state index < -0.39 is 75.9 Å². The van der Waals surface area contributed by atoms with Crippen molar-refractivity contribution in [2.45, 2.75) is 50.7 Å². The first-order valence-corrected chi connectivity index (χ1v) is 13.6. The Hall–Kier alpha value is -3.78. The van der Waals surface area contributed by atoms with Gasteiger partial charge in [-0.2, -0.15) is 10.4 Å². The van der Waals surface area contributed by atoms with Gasteiger partial charge in [-0.05, 0) is 37.5 Å². The van der Waals surface area contributed by atoms with Crippen LogP contribution in [-0.4, -0.2) is 97.5 Å². The smallest absolute Gasteiger partial charge is 0.462 e. The molecule has 0 radical (unpaired) electrons. The van der Waals surface area contributed by atoms with Gasteiger partial charge in [0.15, 0.2) is 24.6 Å². The zero-order valence-corrected chi connectivity index (χ0v) is 24.9.